The lowest BCUT2D eigenvalue weighted by atomic mass is 9.86. The number of nitrogens with one attached hydrogen (secondary N) is 1. The van der Waals surface area contributed by atoms with Crippen LogP contribution in [0.3, 0.4) is 0 Å². The maximum Gasteiger partial charge on any atom is 0.162 e. The first-order chi connectivity index (χ1) is 32.3. The molecule has 0 saturated heterocycles. The van der Waals surface area contributed by atoms with E-state index >= 15 is 0 Å². The molecule has 0 unspecified atom stereocenters. The van der Waals surface area contributed by atoms with Crippen LogP contribution in [0, 0.1) is 13.8 Å². The summed E-state index contributed by atoms with van der Waals surface area (Å²) in [4.78, 5) is 2.35. The summed E-state index contributed by atoms with van der Waals surface area (Å²) < 4.78 is 21.1. The zero-order valence-corrected chi connectivity index (χ0v) is 39.4. The summed E-state index contributed by atoms with van der Waals surface area (Å²) in [6.07, 6.45) is 0. The minimum atomic E-state index is -0.106. The van der Waals surface area contributed by atoms with E-state index in [1.807, 2.05) is 24.3 Å². The van der Waals surface area contributed by atoms with Crippen LogP contribution in [0.25, 0.3) is 76.6 Å². The van der Waals surface area contributed by atoms with E-state index in [9.17, 15) is 0 Å². The summed E-state index contributed by atoms with van der Waals surface area (Å²) >= 11 is 0. The van der Waals surface area contributed by atoms with Gasteiger partial charge in [-0.15, -0.1) is 0 Å². The number of fused-ring (bicyclic) bond motifs is 10. The Kier molecular flexibility index (Phi) is 10.0. The van der Waals surface area contributed by atoms with Gasteiger partial charge in [-0.05, 0) is 60.6 Å². The number of furan rings is 3. The van der Waals surface area contributed by atoms with E-state index in [4.69, 9.17) is 13.3 Å². The predicted octanol–water partition coefficient (Wildman–Crippen LogP) is 18.6. The van der Waals surface area contributed by atoms with E-state index in [1.165, 1.54) is 16.7 Å². The van der Waals surface area contributed by atoms with Gasteiger partial charge in [0.15, 0.2) is 16.7 Å². The lowest BCUT2D eigenvalue weighted by molar-refractivity contribution is 0.572. The van der Waals surface area contributed by atoms with Gasteiger partial charge in [-0.25, -0.2) is 0 Å². The summed E-state index contributed by atoms with van der Waals surface area (Å²) in [6.45, 7) is 17.7. The second kappa shape index (κ2) is 16.0. The third-order valence-electron chi connectivity index (χ3n) is 13.1. The SMILES string of the molecule is Cc1cccc(N(c2cccc3c2oc2c(C(C)(C)C)cccc23)c2c3ccccc3c(Nc3cccc4c3oc3c(C(C)(C)C)cccc34)c3c2oc2ccccc23)c1.Cc1ccccc1. The van der Waals surface area contributed by atoms with Crippen molar-refractivity contribution in [3.8, 4) is 0 Å². The van der Waals surface area contributed by atoms with Gasteiger partial charge in [-0.1, -0.05) is 193 Å². The predicted molar refractivity (Wildman–Crippen MR) is 284 cm³/mol. The normalized spacial score (nSPS) is 12.2. The standard InChI is InChI=1S/C55H46N2O3.C7H8/c1-32-17-12-18-33(31-32)57(44-29-16-25-39-37-23-14-27-42(55(5,6)7)50(37)60-52(39)44)48-35-20-9-8-19-34(35)47(46-40-21-10-11-30-45(40)58-53(46)48)56-43-28-15-24-38-36-22-13-26-41(54(2,3)4)49(36)59-51(38)43;1-7-5-3-2-4-6-7/h8-31,56H,1-7H3;2-6H,1H3. The van der Waals surface area contributed by atoms with Gasteiger partial charge in [-0.3, -0.25) is 0 Å². The first-order valence-electron chi connectivity index (χ1n) is 23.3. The molecule has 12 rings (SSSR count). The molecule has 3 heterocycles. The van der Waals surface area contributed by atoms with Crippen LogP contribution in [0.4, 0.5) is 28.4 Å². The third kappa shape index (κ3) is 7.17. The molecule has 67 heavy (non-hydrogen) atoms. The van der Waals surface area contributed by atoms with Gasteiger partial charge < -0.3 is 23.5 Å². The van der Waals surface area contributed by atoms with Crippen molar-refractivity contribution in [3.05, 3.63) is 198 Å². The molecule has 0 aliphatic rings. The molecule has 0 aliphatic heterocycles. The van der Waals surface area contributed by atoms with Crippen LogP contribution in [0.5, 0.6) is 0 Å². The highest BCUT2D eigenvalue weighted by atomic mass is 16.3. The molecule has 0 radical (unpaired) electrons. The lowest BCUT2D eigenvalue weighted by Crippen LogP contribution is -2.12. The van der Waals surface area contributed by atoms with Gasteiger partial charge in [0.05, 0.1) is 28.1 Å². The maximum absolute atomic E-state index is 7.11. The fourth-order valence-electron chi connectivity index (χ4n) is 9.88. The molecule has 0 bridgehead atoms. The van der Waals surface area contributed by atoms with Gasteiger partial charge in [0.1, 0.15) is 16.7 Å². The Morgan fingerprint density at radius 1 is 0.403 bits per heavy atom. The van der Waals surface area contributed by atoms with Crippen molar-refractivity contribution in [1.29, 1.82) is 0 Å². The highest BCUT2D eigenvalue weighted by Gasteiger charge is 2.30. The molecule has 0 aliphatic carbocycles. The van der Waals surface area contributed by atoms with E-state index in [2.05, 4.69) is 217 Å². The minimum absolute atomic E-state index is 0.0837. The van der Waals surface area contributed by atoms with Crippen LogP contribution in [-0.2, 0) is 10.8 Å². The molecule has 330 valence electrons. The molecule has 1 N–H and O–H groups in total. The van der Waals surface area contributed by atoms with Crippen LogP contribution in [-0.4, -0.2) is 0 Å². The molecule has 3 aromatic heterocycles. The minimum Gasteiger partial charge on any atom is -0.454 e. The summed E-state index contributed by atoms with van der Waals surface area (Å²) in [5.74, 6) is 0. The first kappa shape index (κ1) is 41.9. The summed E-state index contributed by atoms with van der Waals surface area (Å²) in [6, 6.07) is 61.8. The largest absolute Gasteiger partial charge is 0.454 e. The van der Waals surface area contributed by atoms with E-state index in [0.29, 0.717) is 0 Å². The van der Waals surface area contributed by atoms with Crippen LogP contribution in [0.1, 0.15) is 63.8 Å². The highest BCUT2D eigenvalue weighted by Crippen LogP contribution is 2.53. The van der Waals surface area contributed by atoms with Crippen molar-refractivity contribution in [1.82, 2.24) is 0 Å². The Labute approximate surface area is 391 Å². The van der Waals surface area contributed by atoms with Gasteiger partial charge in [0.25, 0.3) is 0 Å². The molecule has 0 saturated carbocycles. The van der Waals surface area contributed by atoms with Gasteiger partial charge in [0.2, 0.25) is 0 Å². The fraction of sp³-hybridized carbons (Fsp3) is 0.161. The summed E-state index contributed by atoms with van der Waals surface area (Å²) in [5, 5.41) is 12.4. The van der Waals surface area contributed by atoms with Crippen molar-refractivity contribution in [2.24, 2.45) is 0 Å². The van der Waals surface area contributed by atoms with Crippen molar-refractivity contribution >= 4 is 105 Å². The van der Waals surface area contributed by atoms with Gasteiger partial charge in [-0.2, -0.15) is 0 Å². The Morgan fingerprint density at radius 2 is 0.910 bits per heavy atom. The van der Waals surface area contributed by atoms with Crippen molar-refractivity contribution < 1.29 is 13.3 Å². The molecular formula is C62H54N2O3. The van der Waals surface area contributed by atoms with Gasteiger partial charge in [0, 0.05) is 54.5 Å². The van der Waals surface area contributed by atoms with E-state index in [1.54, 1.807) is 0 Å². The summed E-state index contributed by atoms with van der Waals surface area (Å²) in [5.41, 5.74) is 14.5. The Balaban J connectivity index is 0.000000649. The van der Waals surface area contributed by atoms with Crippen molar-refractivity contribution in [3.63, 3.8) is 0 Å². The fourth-order valence-corrected chi connectivity index (χ4v) is 9.88. The molecular weight excluding hydrogens is 821 g/mol. The van der Waals surface area contributed by atoms with Crippen LogP contribution in [0.2, 0.25) is 0 Å². The molecule has 0 amide bonds. The first-order valence-corrected chi connectivity index (χ1v) is 23.3. The van der Waals surface area contributed by atoms with E-state index in [-0.39, 0.29) is 10.8 Å². The number of hydrogen-bond acceptors (Lipinski definition) is 5. The molecule has 0 spiro atoms. The second-order valence-electron chi connectivity index (χ2n) is 19.9. The Hall–Kier alpha value is -7.76. The van der Waals surface area contributed by atoms with Crippen molar-refractivity contribution in [2.45, 2.75) is 66.2 Å². The number of aryl methyl sites for hydroxylation is 2. The van der Waals surface area contributed by atoms with Crippen LogP contribution < -0.4 is 10.2 Å². The average molecular weight is 875 g/mol. The third-order valence-corrected chi connectivity index (χ3v) is 13.1. The lowest BCUT2D eigenvalue weighted by Gasteiger charge is -2.28. The zero-order valence-electron chi connectivity index (χ0n) is 39.4. The molecule has 12 aromatic rings. The molecule has 5 heteroatoms. The van der Waals surface area contributed by atoms with E-state index < -0.39 is 0 Å². The monoisotopic (exact) mass is 874 g/mol. The summed E-state index contributed by atoms with van der Waals surface area (Å²) in [7, 11) is 0. The number of hydrogen-bond donors (Lipinski definition) is 1. The second-order valence-corrected chi connectivity index (χ2v) is 19.9. The smallest absolute Gasteiger partial charge is 0.162 e. The van der Waals surface area contributed by atoms with Gasteiger partial charge >= 0.3 is 0 Å². The van der Waals surface area contributed by atoms with E-state index in [0.717, 1.165) is 111 Å². The number of anilines is 5. The number of nitrogens with zero attached hydrogens (tertiary/aromatic N) is 1. The number of benzene rings is 9. The molecule has 0 fully saturated rings. The quantitative estimate of drug-likeness (QED) is 0.175. The van der Waals surface area contributed by atoms with Crippen molar-refractivity contribution in [2.75, 3.05) is 10.2 Å². The Morgan fingerprint density at radius 3 is 1.54 bits per heavy atom. The zero-order chi connectivity index (χ0) is 46.2. The Bertz CT molecular complexity index is 3840. The number of rotatable bonds is 5. The topological polar surface area (TPSA) is 54.7 Å². The highest BCUT2D eigenvalue weighted by molar-refractivity contribution is 6.28. The average Bonchev–Trinajstić information content (AvgIpc) is 4.02. The molecule has 5 nitrogen and oxygen atoms in total. The molecule has 9 aromatic carbocycles. The maximum atomic E-state index is 7.11. The van der Waals surface area contributed by atoms with Crippen LogP contribution in [0.15, 0.2) is 189 Å². The number of para-hydroxylation sites is 5. The molecule has 0 atom stereocenters. The van der Waals surface area contributed by atoms with Crippen LogP contribution >= 0.6 is 0 Å².